The molecule has 0 unspecified atom stereocenters. The summed E-state index contributed by atoms with van der Waals surface area (Å²) < 4.78 is 0. The van der Waals surface area contributed by atoms with E-state index in [0.717, 1.165) is 6.07 Å². The quantitative estimate of drug-likeness (QED) is 0.640. The zero-order chi connectivity index (χ0) is 14.7. The second kappa shape index (κ2) is 5.31. The van der Waals surface area contributed by atoms with Gasteiger partial charge in [0.2, 0.25) is 0 Å². The number of hydrogen-bond donors (Lipinski definition) is 4. The predicted molar refractivity (Wildman–Crippen MR) is 71.1 cm³/mol. The molecule has 102 valence electrons. The van der Waals surface area contributed by atoms with Crippen molar-refractivity contribution >= 4 is 17.6 Å². The van der Waals surface area contributed by atoms with Crippen LogP contribution >= 0.6 is 0 Å². The van der Waals surface area contributed by atoms with Crippen molar-refractivity contribution in [3.63, 3.8) is 0 Å². The molecule has 20 heavy (non-hydrogen) atoms. The van der Waals surface area contributed by atoms with Crippen LogP contribution in [0.25, 0.3) is 0 Å². The Kier molecular flexibility index (Phi) is 3.56. The number of rotatable bonds is 3. The van der Waals surface area contributed by atoms with Crippen LogP contribution in [0.3, 0.4) is 0 Å². The summed E-state index contributed by atoms with van der Waals surface area (Å²) in [6, 6.07) is 9.45. The largest absolute Gasteiger partial charge is 0.508 e. The number of aromatic hydroxyl groups is 2. The normalized spacial score (nSPS) is 10.0. The third-order valence-electron chi connectivity index (χ3n) is 2.59. The van der Waals surface area contributed by atoms with Gasteiger partial charge in [-0.05, 0) is 36.4 Å². The fourth-order valence-corrected chi connectivity index (χ4v) is 1.64. The van der Waals surface area contributed by atoms with Crippen LogP contribution in [-0.2, 0) is 0 Å². The summed E-state index contributed by atoms with van der Waals surface area (Å²) in [6.45, 7) is 0. The topological polar surface area (TPSA) is 107 Å². The summed E-state index contributed by atoms with van der Waals surface area (Å²) in [6.07, 6.45) is 0. The lowest BCUT2D eigenvalue weighted by atomic mass is 10.1. The molecule has 0 fully saturated rings. The van der Waals surface area contributed by atoms with Crippen LogP contribution in [-0.4, -0.2) is 27.2 Å². The Bertz CT molecular complexity index is 681. The van der Waals surface area contributed by atoms with Crippen molar-refractivity contribution in [1.82, 2.24) is 0 Å². The fourth-order valence-electron chi connectivity index (χ4n) is 1.64. The molecule has 2 aromatic rings. The van der Waals surface area contributed by atoms with Crippen molar-refractivity contribution in [3.8, 4) is 11.5 Å². The molecule has 0 bridgehead atoms. The number of amides is 1. The van der Waals surface area contributed by atoms with Gasteiger partial charge in [0.1, 0.15) is 17.1 Å². The molecule has 2 rings (SSSR count). The maximum absolute atomic E-state index is 11.9. The molecule has 0 heterocycles. The minimum Gasteiger partial charge on any atom is -0.508 e. The van der Waals surface area contributed by atoms with Crippen molar-refractivity contribution in [3.05, 3.63) is 53.6 Å². The molecule has 0 saturated heterocycles. The number of phenols is 2. The van der Waals surface area contributed by atoms with Crippen LogP contribution in [0.2, 0.25) is 0 Å². The lowest BCUT2D eigenvalue weighted by Crippen LogP contribution is -2.12. The van der Waals surface area contributed by atoms with Gasteiger partial charge in [-0.1, -0.05) is 6.07 Å². The van der Waals surface area contributed by atoms with E-state index in [4.69, 9.17) is 5.11 Å². The molecule has 0 aliphatic heterocycles. The van der Waals surface area contributed by atoms with Crippen molar-refractivity contribution < 1.29 is 24.9 Å². The monoisotopic (exact) mass is 273 g/mol. The molecule has 2 aromatic carbocycles. The number of aromatic carboxylic acids is 1. The van der Waals surface area contributed by atoms with Gasteiger partial charge < -0.3 is 20.6 Å². The summed E-state index contributed by atoms with van der Waals surface area (Å²) in [4.78, 5) is 22.8. The number of carboxylic acids is 1. The predicted octanol–water partition coefficient (Wildman–Crippen LogP) is 2.05. The van der Waals surface area contributed by atoms with E-state index in [2.05, 4.69) is 5.32 Å². The molecule has 0 aliphatic rings. The number of nitrogens with one attached hydrogen (secondary N) is 1. The van der Waals surface area contributed by atoms with E-state index in [9.17, 15) is 19.8 Å². The summed E-state index contributed by atoms with van der Waals surface area (Å²) >= 11 is 0. The van der Waals surface area contributed by atoms with Crippen molar-refractivity contribution in [2.45, 2.75) is 0 Å². The first-order chi connectivity index (χ1) is 9.47. The van der Waals surface area contributed by atoms with E-state index >= 15 is 0 Å². The Morgan fingerprint density at radius 1 is 1.00 bits per heavy atom. The van der Waals surface area contributed by atoms with Gasteiger partial charge in [-0.2, -0.15) is 0 Å². The second-order valence-corrected chi connectivity index (χ2v) is 4.04. The molecule has 0 aromatic heterocycles. The van der Waals surface area contributed by atoms with Gasteiger partial charge in [0.15, 0.2) is 0 Å². The van der Waals surface area contributed by atoms with Gasteiger partial charge in [0.25, 0.3) is 5.91 Å². The van der Waals surface area contributed by atoms with Crippen LogP contribution in [0.5, 0.6) is 11.5 Å². The lowest BCUT2D eigenvalue weighted by molar-refractivity contribution is 0.0693. The van der Waals surface area contributed by atoms with Gasteiger partial charge in [0.05, 0.1) is 0 Å². The van der Waals surface area contributed by atoms with Gasteiger partial charge in [-0.25, -0.2) is 4.79 Å². The standard InChI is InChI=1S/C14H11NO5/c16-10-3-1-2-8(6-10)13(18)15-9-4-5-12(17)11(7-9)14(19)20/h1-7,16-17H,(H,15,18)(H,19,20). The first-order valence-electron chi connectivity index (χ1n) is 5.64. The van der Waals surface area contributed by atoms with Gasteiger partial charge in [-0.3, -0.25) is 4.79 Å². The van der Waals surface area contributed by atoms with Crippen LogP contribution in [0.15, 0.2) is 42.5 Å². The molecule has 6 nitrogen and oxygen atoms in total. The van der Waals surface area contributed by atoms with E-state index in [1.807, 2.05) is 0 Å². The summed E-state index contributed by atoms with van der Waals surface area (Å²) in [7, 11) is 0. The molecule has 4 N–H and O–H groups in total. The minimum atomic E-state index is -1.30. The van der Waals surface area contributed by atoms with Crippen molar-refractivity contribution in [2.24, 2.45) is 0 Å². The highest BCUT2D eigenvalue weighted by atomic mass is 16.4. The minimum absolute atomic E-state index is 0.0467. The number of phenolic OH excluding ortho intramolecular Hbond substituents is 1. The fraction of sp³-hybridized carbons (Fsp3) is 0. The SMILES string of the molecule is O=C(Nc1ccc(O)c(C(=O)O)c1)c1cccc(O)c1. The highest BCUT2D eigenvalue weighted by molar-refractivity contribution is 6.05. The van der Waals surface area contributed by atoms with E-state index in [1.54, 1.807) is 0 Å². The summed E-state index contributed by atoms with van der Waals surface area (Å²) in [5.74, 6) is -2.22. The van der Waals surface area contributed by atoms with Gasteiger partial charge in [0, 0.05) is 11.3 Å². The maximum atomic E-state index is 11.9. The van der Waals surface area contributed by atoms with Gasteiger partial charge in [-0.15, -0.1) is 0 Å². The Labute approximate surface area is 113 Å². The first kappa shape index (κ1) is 13.4. The molecule has 1 amide bonds. The van der Waals surface area contributed by atoms with Crippen molar-refractivity contribution in [1.29, 1.82) is 0 Å². The maximum Gasteiger partial charge on any atom is 0.339 e. The third kappa shape index (κ3) is 2.86. The second-order valence-electron chi connectivity index (χ2n) is 4.04. The number of anilines is 1. The molecule has 0 radical (unpaired) electrons. The number of carboxylic acid groups (broad SMARTS) is 1. The molecular weight excluding hydrogens is 262 g/mol. The lowest BCUT2D eigenvalue weighted by Gasteiger charge is -2.07. The molecule has 0 aliphatic carbocycles. The van der Waals surface area contributed by atoms with Crippen LogP contribution < -0.4 is 5.32 Å². The van der Waals surface area contributed by atoms with Crippen molar-refractivity contribution in [2.75, 3.05) is 5.32 Å². The van der Waals surface area contributed by atoms with Crippen LogP contribution in [0, 0.1) is 0 Å². The molecule has 0 saturated carbocycles. The summed E-state index contributed by atoms with van der Waals surface area (Å²) in [5, 5.41) is 30.0. The Morgan fingerprint density at radius 3 is 2.40 bits per heavy atom. The molecule has 0 spiro atoms. The van der Waals surface area contributed by atoms with Crippen LogP contribution in [0.1, 0.15) is 20.7 Å². The number of carbonyl (C=O) groups is 2. The Balaban J connectivity index is 2.24. The van der Waals surface area contributed by atoms with E-state index in [-0.39, 0.29) is 28.3 Å². The Hall–Kier alpha value is -3.02. The number of benzene rings is 2. The van der Waals surface area contributed by atoms with E-state index in [0.29, 0.717) is 0 Å². The molecular formula is C14H11NO5. The average Bonchev–Trinajstić information content (AvgIpc) is 2.40. The third-order valence-corrected chi connectivity index (χ3v) is 2.59. The number of hydrogen-bond acceptors (Lipinski definition) is 4. The number of carbonyl (C=O) groups excluding carboxylic acids is 1. The highest BCUT2D eigenvalue weighted by Gasteiger charge is 2.12. The van der Waals surface area contributed by atoms with E-state index in [1.165, 1.54) is 36.4 Å². The van der Waals surface area contributed by atoms with Crippen LogP contribution in [0.4, 0.5) is 5.69 Å². The Morgan fingerprint density at radius 2 is 1.75 bits per heavy atom. The summed E-state index contributed by atoms with van der Waals surface area (Å²) in [5.41, 5.74) is 0.155. The molecule has 0 atom stereocenters. The highest BCUT2D eigenvalue weighted by Crippen LogP contribution is 2.22. The van der Waals surface area contributed by atoms with E-state index < -0.39 is 11.9 Å². The zero-order valence-electron chi connectivity index (χ0n) is 10.2. The first-order valence-corrected chi connectivity index (χ1v) is 5.64. The zero-order valence-corrected chi connectivity index (χ0v) is 10.2. The average molecular weight is 273 g/mol. The molecule has 6 heteroatoms. The van der Waals surface area contributed by atoms with Gasteiger partial charge >= 0.3 is 5.97 Å². The smallest absolute Gasteiger partial charge is 0.339 e.